The minimum atomic E-state index is -0.695. The molecule has 0 aliphatic carbocycles. The number of nitrogens with one attached hydrogen (secondary N) is 2. The Morgan fingerprint density at radius 1 is 0.833 bits per heavy atom. The SMILES string of the molecule is CCCCc1ccc(NC(=O)c2ccc(NC3=C(Cl)C(=O)N(c4cc(Cl)cc(Cl)c4)C3=O)cc2)cc1. The van der Waals surface area contributed by atoms with Gasteiger partial charge in [0.1, 0.15) is 10.7 Å². The van der Waals surface area contributed by atoms with Crippen molar-refractivity contribution in [1.29, 1.82) is 0 Å². The third kappa shape index (κ3) is 5.73. The summed E-state index contributed by atoms with van der Waals surface area (Å²) in [6.07, 6.45) is 3.27. The number of imide groups is 1. The van der Waals surface area contributed by atoms with Crippen molar-refractivity contribution in [2.75, 3.05) is 15.5 Å². The fourth-order valence-electron chi connectivity index (χ4n) is 3.70. The quantitative estimate of drug-likeness (QED) is 0.300. The van der Waals surface area contributed by atoms with Gasteiger partial charge in [-0.25, -0.2) is 4.90 Å². The van der Waals surface area contributed by atoms with Crippen LogP contribution < -0.4 is 15.5 Å². The Labute approximate surface area is 223 Å². The number of halogens is 3. The van der Waals surface area contributed by atoms with Crippen LogP contribution in [0.1, 0.15) is 35.7 Å². The van der Waals surface area contributed by atoms with Gasteiger partial charge in [0, 0.05) is 27.0 Å². The lowest BCUT2D eigenvalue weighted by Gasteiger charge is -2.16. The molecule has 0 fully saturated rings. The molecule has 6 nitrogen and oxygen atoms in total. The molecule has 1 aliphatic heterocycles. The number of aryl methyl sites for hydroxylation is 1. The first kappa shape index (κ1) is 25.8. The highest BCUT2D eigenvalue weighted by molar-refractivity contribution is 6.53. The van der Waals surface area contributed by atoms with E-state index in [1.807, 2.05) is 24.3 Å². The van der Waals surface area contributed by atoms with Gasteiger partial charge in [0.05, 0.1) is 5.69 Å². The molecule has 1 aliphatic rings. The number of hydrogen-bond acceptors (Lipinski definition) is 4. The Bertz CT molecular complexity index is 1330. The van der Waals surface area contributed by atoms with Crippen molar-refractivity contribution in [2.45, 2.75) is 26.2 Å². The molecule has 0 saturated heterocycles. The van der Waals surface area contributed by atoms with Crippen molar-refractivity contribution in [2.24, 2.45) is 0 Å². The lowest BCUT2D eigenvalue weighted by atomic mass is 10.1. The fourth-order valence-corrected chi connectivity index (χ4v) is 4.43. The first-order valence-electron chi connectivity index (χ1n) is 11.3. The molecule has 3 aromatic rings. The molecular weight excluding hydrogens is 521 g/mol. The van der Waals surface area contributed by atoms with E-state index in [1.54, 1.807) is 24.3 Å². The van der Waals surface area contributed by atoms with Gasteiger partial charge in [-0.1, -0.05) is 60.3 Å². The number of benzene rings is 3. The zero-order valence-corrected chi connectivity index (χ0v) is 21.5. The van der Waals surface area contributed by atoms with Gasteiger partial charge >= 0.3 is 0 Å². The van der Waals surface area contributed by atoms with E-state index in [1.165, 1.54) is 23.8 Å². The van der Waals surface area contributed by atoms with Crippen LogP contribution in [-0.2, 0) is 16.0 Å². The number of unbranched alkanes of at least 4 members (excludes halogenated alkanes) is 1. The molecule has 0 aromatic heterocycles. The Hall–Kier alpha value is -3.32. The van der Waals surface area contributed by atoms with Crippen LogP contribution in [0.2, 0.25) is 10.0 Å². The summed E-state index contributed by atoms with van der Waals surface area (Å²) in [6, 6.07) is 18.6. The van der Waals surface area contributed by atoms with Crippen molar-refractivity contribution < 1.29 is 14.4 Å². The Balaban J connectivity index is 1.43. The first-order chi connectivity index (χ1) is 17.3. The van der Waals surface area contributed by atoms with Crippen molar-refractivity contribution in [1.82, 2.24) is 0 Å². The van der Waals surface area contributed by atoms with E-state index < -0.39 is 11.8 Å². The van der Waals surface area contributed by atoms with Crippen molar-refractivity contribution in [3.8, 4) is 0 Å². The van der Waals surface area contributed by atoms with E-state index in [0.717, 1.165) is 24.2 Å². The molecule has 2 N–H and O–H groups in total. The number of rotatable bonds is 8. The van der Waals surface area contributed by atoms with E-state index in [2.05, 4.69) is 17.6 Å². The molecule has 3 aromatic carbocycles. The van der Waals surface area contributed by atoms with Crippen molar-refractivity contribution >= 4 is 69.6 Å². The molecule has 0 bridgehead atoms. The van der Waals surface area contributed by atoms with E-state index >= 15 is 0 Å². The predicted octanol–water partition coefficient (Wildman–Crippen LogP) is 7.02. The minimum absolute atomic E-state index is 0.0851. The van der Waals surface area contributed by atoms with Gasteiger partial charge < -0.3 is 10.6 Å². The number of anilines is 3. The minimum Gasteiger partial charge on any atom is -0.350 e. The topological polar surface area (TPSA) is 78.5 Å². The normalized spacial score (nSPS) is 13.4. The smallest absolute Gasteiger partial charge is 0.283 e. The number of nitrogens with zero attached hydrogens (tertiary/aromatic N) is 1. The lowest BCUT2D eigenvalue weighted by Crippen LogP contribution is -2.32. The summed E-state index contributed by atoms with van der Waals surface area (Å²) in [5.41, 5.74) is 2.97. The molecule has 36 heavy (non-hydrogen) atoms. The van der Waals surface area contributed by atoms with Gasteiger partial charge in [0.2, 0.25) is 0 Å². The summed E-state index contributed by atoms with van der Waals surface area (Å²) < 4.78 is 0. The van der Waals surface area contributed by atoms with E-state index in [-0.39, 0.29) is 32.4 Å². The first-order valence-corrected chi connectivity index (χ1v) is 12.4. The molecule has 184 valence electrons. The number of carbonyl (C=O) groups is 3. The van der Waals surface area contributed by atoms with Crippen molar-refractivity contribution in [3.63, 3.8) is 0 Å². The number of carbonyl (C=O) groups excluding carboxylic acids is 3. The number of amides is 3. The molecule has 0 spiro atoms. The molecule has 0 radical (unpaired) electrons. The maximum atomic E-state index is 13.0. The second-order valence-corrected chi connectivity index (χ2v) is 9.47. The van der Waals surface area contributed by atoms with Crippen LogP contribution in [0.15, 0.2) is 77.5 Å². The standard InChI is InChI=1S/C27H22Cl3N3O3/c1-2-3-4-16-5-9-21(10-6-16)32-25(34)17-7-11-20(12-8-17)31-24-23(30)26(35)33(27(24)36)22-14-18(28)13-19(29)15-22/h5-15,31H,2-4H2,1H3,(H,32,34). The molecule has 3 amide bonds. The van der Waals surface area contributed by atoms with Crippen LogP contribution in [0.25, 0.3) is 0 Å². The van der Waals surface area contributed by atoms with Gasteiger partial charge in [-0.3, -0.25) is 14.4 Å². The van der Waals surface area contributed by atoms with Crippen LogP contribution in [0.3, 0.4) is 0 Å². The Morgan fingerprint density at radius 3 is 2.06 bits per heavy atom. The molecule has 9 heteroatoms. The van der Waals surface area contributed by atoms with Crippen LogP contribution in [0, 0.1) is 0 Å². The van der Waals surface area contributed by atoms with Gasteiger partial charge in [0.25, 0.3) is 17.7 Å². The maximum Gasteiger partial charge on any atom is 0.283 e. The monoisotopic (exact) mass is 541 g/mol. The molecule has 1 heterocycles. The Kier molecular flexibility index (Phi) is 7.99. The van der Waals surface area contributed by atoms with Crippen LogP contribution >= 0.6 is 34.8 Å². The zero-order valence-electron chi connectivity index (χ0n) is 19.3. The fraction of sp³-hybridized carbons (Fsp3) is 0.148. The zero-order chi connectivity index (χ0) is 25.8. The van der Waals surface area contributed by atoms with Gasteiger partial charge in [-0.05, 0) is 73.0 Å². The van der Waals surface area contributed by atoms with Gasteiger partial charge in [-0.2, -0.15) is 0 Å². The summed E-state index contributed by atoms with van der Waals surface area (Å²) in [5.74, 6) is -1.61. The van der Waals surface area contributed by atoms with Gasteiger partial charge in [-0.15, -0.1) is 0 Å². The number of hydrogen-bond donors (Lipinski definition) is 2. The summed E-state index contributed by atoms with van der Waals surface area (Å²) >= 11 is 18.2. The second-order valence-electron chi connectivity index (χ2n) is 8.22. The predicted molar refractivity (Wildman–Crippen MR) is 145 cm³/mol. The molecule has 4 rings (SSSR count). The molecule has 0 atom stereocenters. The van der Waals surface area contributed by atoms with Crippen LogP contribution in [0.4, 0.5) is 17.1 Å². The Morgan fingerprint density at radius 2 is 1.44 bits per heavy atom. The summed E-state index contributed by atoms with van der Waals surface area (Å²) in [5, 5.41) is 6.03. The highest BCUT2D eigenvalue weighted by atomic mass is 35.5. The average Bonchev–Trinajstić information content (AvgIpc) is 3.06. The maximum absolute atomic E-state index is 13.0. The van der Waals surface area contributed by atoms with E-state index in [9.17, 15) is 14.4 Å². The van der Waals surface area contributed by atoms with E-state index in [4.69, 9.17) is 34.8 Å². The summed E-state index contributed by atoms with van der Waals surface area (Å²) in [6.45, 7) is 2.15. The second kappa shape index (κ2) is 11.2. The largest absolute Gasteiger partial charge is 0.350 e. The van der Waals surface area contributed by atoms with Crippen LogP contribution in [0.5, 0.6) is 0 Å². The van der Waals surface area contributed by atoms with E-state index in [0.29, 0.717) is 16.9 Å². The van der Waals surface area contributed by atoms with Crippen molar-refractivity contribution in [3.05, 3.63) is 98.6 Å². The third-order valence-corrected chi connectivity index (χ3v) is 6.37. The molecular formula is C27H22Cl3N3O3. The molecule has 0 saturated carbocycles. The van der Waals surface area contributed by atoms with Gasteiger partial charge in [0.15, 0.2) is 0 Å². The summed E-state index contributed by atoms with van der Waals surface area (Å²) in [4.78, 5) is 39.2. The highest BCUT2D eigenvalue weighted by Gasteiger charge is 2.39. The lowest BCUT2D eigenvalue weighted by molar-refractivity contribution is -0.120. The van der Waals surface area contributed by atoms with Crippen LogP contribution in [-0.4, -0.2) is 17.7 Å². The average molecular weight is 543 g/mol. The molecule has 0 unspecified atom stereocenters. The third-order valence-electron chi connectivity index (χ3n) is 5.58. The highest BCUT2D eigenvalue weighted by Crippen LogP contribution is 2.33. The summed E-state index contributed by atoms with van der Waals surface area (Å²) in [7, 11) is 0.